The number of fused-ring (bicyclic) bond motifs is 2. The van der Waals surface area contributed by atoms with Crippen molar-refractivity contribution in [3.63, 3.8) is 0 Å². The second-order valence-corrected chi connectivity index (χ2v) is 31.4. The molecular formula is C74H95N15O9S. The third-order valence-electron chi connectivity index (χ3n) is 21.7. The molecule has 4 aliphatic carbocycles. The molecule has 99 heavy (non-hydrogen) atoms. The highest BCUT2D eigenvalue weighted by molar-refractivity contribution is 7.22. The number of nitrogens with zero attached hydrogens (tertiary/aromatic N) is 9. The van der Waals surface area contributed by atoms with Crippen molar-refractivity contribution in [3.8, 4) is 11.1 Å². The first-order valence-corrected chi connectivity index (χ1v) is 36.2. The average Bonchev–Trinajstić information content (AvgIpc) is 0.757. The van der Waals surface area contributed by atoms with Crippen molar-refractivity contribution >= 4 is 91.4 Å². The molecule has 4 saturated carbocycles. The first-order valence-electron chi connectivity index (χ1n) is 35.4. The van der Waals surface area contributed by atoms with Crippen molar-refractivity contribution in [1.82, 2.24) is 50.8 Å². The van der Waals surface area contributed by atoms with Gasteiger partial charge in [-0.15, -0.1) is 10.2 Å². The van der Waals surface area contributed by atoms with Gasteiger partial charge in [0, 0.05) is 77.4 Å². The molecule has 6 aromatic rings. The molecule has 2 unspecified atom stereocenters. The summed E-state index contributed by atoms with van der Waals surface area (Å²) in [5.41, 5.74) is 12.6. The highest BCUT2D eigenvalue weighted by Gasteiger charge is 2.65. The monoisotopic (exact) mass is 1370 g/mol. The fraction of sp³-hybridized carbons (Fsp3) is 0.541. The number of rotatable bonds is 29. The number of quaternary nitrogens is 1. The van der Waals surface area contributed by atoms with Crippen LogP contribution in [-0.2, 0) is 48.2 Å². The normalized spacial score (nSPS) is 22.9. The molecule has 1 saturated heterocycles. The van der Waals surface area contributed by atoms with Gasteiger partial charge < -0.3 is 56.3 Å². The third-order valence-corrected chi connectivity index (χ3v) is 22.7. The predicted octanol–water partition coefficient (Wildman–Crippen LogP) is 9.24. The molecular weight excluding hydrogens is 1270 g/mol. The molecule has 7 aliphatic rings. The number of primary amides is 1. The van der Waals surface area contributed by atoms with E-state index in [0.29, 0.717) is 41.7 Å². The Balaban J connectivity index is 0.683. The van der Waals surface area contributed by atoms with Gasteiger partial charge in [0.15, 0.2) is 16.8 Å². The van der Waals surface area contributed by atoms with Crippen molar-refractivity contribution in [2.45, 2.75) is 176 Å². The van der Waals surface area contributed by atoms with Crippen LogP contribution in [0, 0.1) is 41.4 Å². The van der Waals surface area contributed by atoms with Crippen molar-refractivity contribution < 1.29 is 47.9 Å². The summed E-state index contributed by atoms with van der Waals surface area (Å²) < 4.78 is 9.76. The molecule has 24 nitrogen and oxygen atoms in total. The molecule has 13 rings (SSSR count). The van der Waals surface area contributed by atoms with E-state index in [0.717, 1.165) is 118 Å². The minimum absolute atomic E-state index is 0.00245. The van der Waals surface area contributed by atoms with Gasteiger partial charge in [0.25, 0.3) is 11.8 Å². The van der Waals surface area contributed by atoms with E-state index >= 15 is 0 Å². The van der Waals surface area contributed by atoms with Gasteiger partial charge >= 0.3 is 6.03 Å². The van der Waals surface area contributed by atoms with E-state index in [1.165, 1.54) is 69.1 Å². The van der Waals surface area contributed by atoms with Gasteiger partial charge in [0.1, 0.15) is 24.4 Å². The summed E-state index contributed by atoms with van der Waals surface area (Å²) in [5, 5.41) is 42.9. The van der Waals surface area contributed by atoms with Crippen molar-refractivity contribution in [3.05, 3.63) is 107 Å². The standard InChI is InChI=1S/C74H95N15O9S/c1-47(2)62(82-59(90)28-36-98-37-32-87-60(91)26-27-61(87)92)67(94)79-56(18-13-30-76-69(75)97)66(93)78-51-22-20-50(21-23-51)39-89(33-11-7-8-12-34-89)35-15-29-73-41-71(5)40-72(6,42-73)44-74(43-71,45-73)46-88-49(4)54(38-77-88)53-24-25-58(81-63(53)68(95)96)86-31-14-16-52-48(3)64(84-85-65(52)86)83-70-80-55-17-9-10-19-57(55)99-70/h9-10,17,19-27,38,47,56,62H,7-8,11-16,18,28-37,39-46H2,1-6H3,(H7-,75,76,78,79,80,82,83,84,90,93,94,95,96,97)/t56-,62-,71?,72?,73?,74?/m0/s1. The second-order valence-electron chi connectivity index (χ2n) is 30.4. The van der Waals surface area contributed by atoms with Gasteiger partial charge in [-0.05, 0) is 181 Å². The molecule has 3 aliphatic heterocycles. The van der Waals surface area contributed by atoms with Crippen LogP contribution in [-0.4, -0.2) is 145 Å². The van der Waals surface area contributed by atoms with Crippen LogP contribution in [0.25, 0.3) is 21.3 Å². The maximum atomic E-state index is 14.1. The Labute approximate surface area is 582 Å². The number of thiazole rings is 1. The largest absolute Gasteiger partial charge is 0.543 e. The summed E-state index contributed by atoms with van der Waals surface area (Å²) in [7, 11) is 0. The van der Waals surface area contributed by atoms with Crippen LogP contribution in [0.2, 0.25) is 0 Å². The van der Waals surface area contributed by atoms with Gasteiger partial charge in [-0.2, -0.15) is 5.10 Å². The highest BCUT2D eigenvalue weighted by Crippen LogP contribution is 2.75. The number of aromatic carboxylic acids is 1. The number of para-hydroxylation sites is 1. The van der Waals surface area contributed by atoms with Gasteiger partial charge in [0.2, 0.25) is 17.7 Å². The molecule has 0 spiro atoms. The molecule has 7 heterocycles. The number of pyridine rings is 1. The molecule has 4 bridgehead atoms. The van der Waals surface area contributed by atoms with E-state index in [2.05, 4.69) is 69.3 Å². The molecule has 4 aromatic heterocycles. The van der Waals surface area contributed by atoms with E-state index in [1.54, 1.807) is 25.2 Å². The Morgan fingerprint density at radius 2 is 1.53 bits per heavy atom. The molecule has 7 N–H and O–H groups in total. The number of benzene rings is 2. The van der Waals surface area contributed by atoms with Crippen molar-refractivity contribution in [2.24, 2.45) is 33.3 Å². The quantitative estimate of drug-likeness (QED) is 0.0145. The summed E-state index contributed by atoms with van der Waals surface area (Å²) in [6, 6.07) is 17.1. The summed E-state index contributed by atoms with van der Waals surface area (Å²) in [6.45, 7) is 18.6. The van der Waals surface area contributed by atoms with Crippen LogP contribution in [0.1, 0.15) is 163 Å². The van der Waals surface area contributed by atoms with Crippen LogP contribution >= 0.6 is 11.3 Å². The number of carboxylic acids is 1. The lowest BCUT2D eigenvalue weighted by atomic mass is 9.35. The van der Waals surface area contributed by atoms with Crippen LogP contribution < -0.4 is 42.3 Å². The first kappa shape index (κ1) is 70.2. The summed E-state index contributed by atoms with van der Waals surface area (Å²) in [4.78, 5) is 102. The molecule has 526 valence electrons. The van der Waals surface area contributed by atoms with Gasteiger partial charge in [-0.3, -0.25) is 33.6 Å². The fourth-order valence-corrected chi connectivity index (χ4v) is 19.4. The Bertz CT molecular complexity index is 4000. The van der Waals surface area contributed by atoms with Crippen LogP contribution in [0.5, 0.6) is 0 Å². The summed E-state index contributed by atoms with van der Waals surface area (Å²) in [5.74, 6) is -2.19. The van der Waals surface area contributed by atoms with Crippen LogP contribution in [0.4, 0.5) is 33.1 Å². The second kappa shape index (κ2) is 29.3. The number of carboxylic acid groups (broad SMARTS) is 1. The fourth-order valence-electron chi connectivity index (χ4n) is 18.6. The Morgan fingerprint density at radius 1 is 0.798 bits per heavy atom. The van der Waals surface area contributed by atoms with Crippen molar-refractivity contribution in [1.29, 1.82) is 0 Å². The number of aromatic nitrogens is 6. The SMILES string of the molecule is Cc1c(Nc2nc3ccccc3s2)nnc2c1CCCN2c1ccc(-c2cnn(CC34CC5(C)CC(C)(CC(CCC[N+]6(Cc7ccc(NC(=O)[C@H](CCCNC(N)=O)NC(=O)[C@@H](NC(=O)CCOCCN8C(=O)C=CC8=O)C(C)C)cc7)CCCCCC6)(C5)C3)C4)c2C)c(C(=O)[O-])n1. The summed E-state index contributed by atoms with van der Waals surface area (Å²) in [6.07, 6.45) is 20.4. The smallest absolute Gasteiger partial charge is 0.312 e. The summed E-state index contributed by atoms with van der Waals surface area (Å²) >= 11 is 1.56. The number of hydrogen-bond donors (Lipinski definition) is 6. The Hall–Kier alpha value is -8.68. The third kappa shape index (κ3) is 16.0. The lowest BCUT2D eigenvalue weighted by molar-refractivity contribution is -0.940. The first-order chi connectivity index (χ1) is 47.4. The van der Waals surface area contributed by atoms with E-state index in [-0.39, 0.29) is 72.4 Å². The number of carbonyl (C=O) groups is 7. The lowest BCUT2D eigenvalue weighted by Gasteiger charge is -2.70. The average molecular weight is 1370 g/mol. The van der Waals surface area contributed by atoms with E-state index in [4.69, 9.17) is 30.6 Å². The molecule has 5 fully saturated rings. The van der Waals surface area contributed by atoms with Crippen molar-refractivity contribution in [2.75, 3.05) is 68.0 Å². The number of nitrogens with two attached hydrogens (primary N) is 1. The van der Waals surface area contributed by atoms with E-state index < -0.39 is 53.6 Å². The number of amides is 7. The molecule has 25 heteroatoms. The number of anilines is 5. The van der Waals surface area contributed by atoms with E-state index in [1.807, 2.05) is 66.6 Å². The topological polar surface area (TPSA) is 314 Å². The van der Waals surface area contributed by atoms with Gasteiger partial charge in [-0.25, -0.2) is 14.8 Å². The maximum absolute atomic E-state index is 14.1. The number of hydrogen-bond acceptors (Lipinski definition) is 17. The van der Waals surface area contributed by atoms with Crippen LogP contribution in [0.3, 0.4) is 0 Å². The van der Waals surface area contributed by atoms with Gasteiger partial charge in [0.05, 0.1) is 67.5 Å². The number of likely N-dealkylation sites (tertiary alicyclic amines) is 1. The highest BCUT2D eigenvalue weighted by atomic mass is 32.1. The minimum atomic E-state index is -1.35. The maximum Gasteiger partial charge on any atom is 0.312 e. The van der Waals surface area contributed by atoms with Crippen LogP contribution in [0.15, 0.2) is 79.0 Å². The molecule has 7 amide bonds. The predicted molar refractivity (Wildman–Crippen MR) is 376 cm³/mol. The molecule has 0 radical (unpaired) electrons. The minimum Gasteiger partial charge on any atom is -0.543 e. The zero-order valence-electron chi connectivity index (χ0n) is 58.0. The molecule has 2 aromatic carbocycles. The zero-order valence-corrected chi connectivity index (χ0v) is 58.8. The number of carbonyl (C=O) groups excluding carboxylic acids is 7. The lowest BCUT2D eigenvalue weighted by Crippen LogP contribution is -2.60. The number of nitrogens with one attached hydrogen (secondary N) is 5. The Morgan fingerprint density at radius 3 is 2.23 bits per heavy atom. The zero-order chi connectivity index (χ0) is 69.9. The molecule has 4 atom stereocenters. The van der Waals surface area contributed by atoms with Gasteiger partial charge in [-0.1, -0.05) is 63.3 Å². The van der Waals surface area contributed by atoms with E-state index in [9.17, 15) is 38.7 Å². The number of urea groups is 1. The Kier molecular flexibility index (Phi) is 20.7. The number of ether oxygens (including phenoxy) is 1. The number of imide groups is 1.